The maximum atomic E-state index is 13.2. The van der Waals surface area contributed by atoms with Crippen LogP contribution in [0.15, 0.2) is 12.1 Å². The normalized spacial score (nSPS) is 29.0. The number of hydrogen-bond acceptors (Lipinski definition) is 3. The van der Waals surface area contributed by atoms with Gasteiger partial charge >= 0.3 is 0 Å². The Morgan fingerprint density at radius 1 is 1.04 bits per heavy atom. The molecular weight excluding hydrogens is 310 g/mol. The van der Waals surface area contributed by atoms with Gasteiger partial charge in [-0.2, -0.15) is 0 Å². The molecular formula is C21H27N3O. The van der Waals surface area contributed by atoms with Crippen LogP contribution in [0.1, 0.15) is 63.1 Å². The summed E-state index contributed by atoms with van der Waals surface area (Å²) in [6, 6.07) is 4.23. The molecule has 132 valence electrons. The van der Waals surface area contributed by atoms with Crippen LogP contribution >= 0.6 is 0 Å². The lowest BCUT2D eigenvalue weighted by Gasteiger charge is -2.39. The van der Waals surface area contributed by atoms with Gasteiger partial charge in [-0.25, -0.2) is 9.97 Å². The fourth-order valence-electron chi connectivity index (χ4n) is 5.17. The Hall–Kier alpha value is -1.97. The maximum absolute atomic E-state index is 13.2. The summed E-state index contributed by atoms with van der Waals surface area (Å²) < 4.78 is 0. The molecule has 2 atom stereocenters. The molecule has 2 aromatic rings. The van der Waals surface area contributed by atoms with Gasteiger partial charge in [-0.15, -0.1) is 0 Å². The molecule has 1 aromatic heterocycles. The molecule has 1 heterocycles. The number of nitrogens with one attached hydrogen (secondary N) is 1. The molecule has 2 bridgehead atoms. The van der Waals surface area contributed by atoms with Crippen LogP contribution in [0, 0.1) is 19.3 Å². The van der Waals surface area contributed by atoms with Crippen molar-refractivity contribution < 1.29 is 4.79 Å². The van der Waals surface area contributed by atoms with Gasteiger partial charge in [0.2, 0.25) is 5.91 Å². The Bertz CT molecular complexity index is 917. The summed E-state index contributed by atoms with van der Waals surface area (Å²) in [4.78, 5) is 23.3. The van der Waals surface area contributed by atoms with Crippen LogP contribution in [0.25, 0.3) is 11.0 Å². The number of nitrogens with zero attached hydrogens (tertiary/aromatic N) is 2. The van der Waals surface area contributed by atoms with Crippen LogP contribution in [-0.4, -0.2) is 22.4 Å². The van der Waals surface area contributed by atoms with E-state index in [9.17, 15) is 4.79 Å². The summed E-state index contributed by atoms with van der Waals surface area (Å²) in [6.07, 6.45) is 1.83. The molecule has 0 spiro atoms. The molecule has 1 aromatic carbocycles. The number of carbonyl (C=O) groups excluding carboxylic acids is 1. The van der Waals surface area contributed by atoms with Gasteiger partial charge in [-0.1, -0.05) is 20.8 Å². The van der Waals surface area contributed by atoms with E-state index in [0.717, 1.165) is 35.3 Å². The van der Waals surface area contributed by atoms with E-state index >= 15 is 0 Å². The summed E-state index contributed by atoms with van der Waals surface area (Å²) in [6.45, 7) is 13.5. The van der Waals surface area contributed by atoms with E-state index in [1.54, 1.807) is 0 Å². The third-order valence-electron chi connectivity index (χ3n) is 7.38. The first-order chi connectivity index (χ1) is 11.7. The summed E-state index contributed by atoms with van der Waals surface area (Å²) in [5.74, 6) is 0.111. The highest BCUT2D eigenvalue weighted by Gasteiger charge is 2.73. The van der Waals surface area contributed by atoms with Crippen LogP contribution in [-0.2, 0) is 15.6 Å². The van der Waals surface area contributed by atoms with E-state index in [4.69, 9.17) is 9.97 Å². The first-order valence-electron chi connectivity index (χ1n) is 9.27. The molecule has 4 rings (SSSR count). The molecule has 4 heteroatoms. The van der Waals surface area contributed by atoms with Crippen molar-refractivity contribution in [3.8, 4) is 0 Å². The molecule has 2 aliphatic rings. The average Bonchev–Trinajstić information content (AvgIpc) is 2.84. The molecule has 1 saturated carbocycles. The van der Waals surface area contributed by atoms with Gasteiger partial charge in [0.25, 0.3) is 0 Å². The van der Waals surface area contributed by atoms with Crippen LogP contribution in [0.3, 0.4) is 0 Å². The van der Waals surface area contributed by atoms with Gasteiger partial charge in [0.1, 0.15) is 0 Å². The molecule has 25 heavy (non-hydrogen) atoms. The zero-order valence-electron chi connectivity index (χ0n) is 16.1. The summed E-state index contributed by atoms with van der Waals surface area (Å²) in [5.41, 5.74) is 5.33. The zero-order chi connectivity index (χ0) is 18.2. The van der Waals surface area contributed by atoms with Crippen LogP contribution in [0.2, 0.25) is 0 Å². The highest BCUT2D eigenvalue weighted by Crippen LogP contribution is 2.70. The molecule has 1 N–H and O–H groups in total. The smallest absolute Gasteiger partial charge is 0.232 e. The SMILES string of the molecule is CCNC(=O)[C@@]12CC[C@](C)(c3nc4cc(C)c(C)cc4nc31)C2(C)C. The lowest BCUT2D eigenvalue weighted by molar-refractivity contribution is -0.130. The molecule has 0 radical (unpaired) electrons. The molecule has 4 nitrogen and oxygen atoms in total. The Morgan fingerprint density at radius 2 is 1.60 bits per heavy atom. The lowest BCUT2D eigenvalue weighted by Crippen LogP contribution is -2.51. The standard InChI is InChI=1S/C21H27N3O/c1-7-22-18(25)21-9-8-20(6,19(21,4)5)16-17(21)24-15-11-13(3)12(2)10-14(15)23-16/h10-11H,7-9H2,1-6H3,(H,22,25)/t20-,21-/m1/s1. The van der Waals surface area contributed by atoms with E-state index in [0.29, 0.717) is 6.54 Å². The quantitative estimate of drug-likeness (QED) is 0.909. The number of aryl methyl sites for hydroxylation is 2. The highest BCUT2D eigenvalue weighted by atomic mass is 16.2. The molecule has 1 amide bonds. The van der Waals surface area contributed by atoms with Crippen molar-refractivity contribution in [2.24, 2.45) is 5.41 Å². The fraction of sp³-hybridized carbons (Fsp3) is 0.571. The van der Waals surface area contributed by atoms with Gasteiger partial charge in [-0.3, -0.25) is 4.79 Å². The monoisotopic (exact) mass is 337 g/mol. The van der Waals surface area contributed by atoms with Crippen LogP contribution in [0.4, 0.5) is 0 Å². The van der Waals surface area contributed by atoms with Crippen molar-refractivity contribution in [2.45, 2.75) is 65.2 Å². The Morgan fingerprint density at radius 3 is 2.16 bits per heavy atom. The summed E-state index contributed by atoms with van der Waals surface area (Å²) in [5, 5.41) is 3.08. The minimum Gasteiger partial charge on any atom is -0.356 e. The maximum Gasteiger partial charge on any atom is 0.232 e. The van der Waals surface area contributed by atoms with Crippen molar-refractivity contribution >= 4 is 16.9 Å². The van der Waals surface area contributed by atoms with Crippen molar-refractivity contribution in [3.05, 3.63) is 34.6 Å². The van der Waals surface area contributed by atoms with Crippen molar-refractivity contribution in [1.82, 2.24) is 15.3 Å². The Kier molecular flexibility index (Phi) is 3.17. The number of amides is 1. The van der Waals surface area contributed by atoms with Gasteiger partial charge in [0.15, 0.2) is 0 Å². The van der Waals surface area contributed by atoms with E-state index in [1.807, 2.05) is 6.92 Å². The lowest BCUT2D eigenvalue weighted by atomic mass is 9.63. The van der Waals surface area contributed by atoms with Gasteiger partial charge in [-0.05, 0) is 62.3 Å². The Labute approximate surface area is 149 Å². The first-order valence-corrected chi connectivity index (χ1v) is 9.27. The second-order valence-corrected chi connectivity index (χ2v) is 8.57. The largest absolute Gasteiger partial charge is 0.356 e. The van der Waals surface area contributed by atoms with Gasteiger partial charge in [0, 0.05) is 12.0 Å². The van der Waals surface area contributed by atoms with Crippen molar-refractivity contribution in [3.63, 3.8) is 0 Å². The van der Waals surface area contributed by atoms with E-state index < -0.39 is 5.41 Å². The molecule has 0 aliphatic heterocycles. The highest BCUT2D eigenvalue weighted by molar-refractivity contribution is 5.93. The third-order valence-corrected chi connectivity index (χ3v) is 7.38. The molecule has 0 saturated heterocycles. The Balaban J connectivity index is 2.06. The first kappa shape index (κ1) is 16.5. The van der Waals surface area contributed by atoms with Crippen LogP contribution in [0.5, 0.6) is 0 Å². The van der Waals surface area contributed by atoms with E-state index in [2.05, 4.69) is 52.1 Å². The second-order valence-electron chi connectivity index (χ2n) is 8.57. The minimum absolute atomic E-state index is 0.111. The predicted octanol–water partition coefficient (Wildman–Crippen LogP) is 3.71. The topological polar surface area (TPSA) is 54.9 Å². The summed E-state index contributed by atoms with van der Waals surface area (Å²) >= 11 is 0. The zero-order valence-corrected chi connectivity index (χ0v) is 16.1. The molecule has 1 fully saturated rings. The van der Waals surface area contributed by atoms with Crippen LogP contribution < -0.4 is 5.32 Å². The number of likely N-dealkylation sites (N-methyl/N-ethyl adjacent to an activating group) is 1. The predicted molar refractivity (Wildman–Crippen MR) is 99.7 cm³/mol. The van der Waals surface area contributed by atoms with Crippen molar-refractivity contribution in [1.29, 1.82) is 0 Å². The molecule has 2 aliphatic carbocycles. The third kappa shape index (κ3) is 1.70. The second kappa shape index (κ2) is 4.80. The average molecular weight is 337 g/mol. The van der Waals surface area contributed by atoms with Gasteiger partial charge in [0.05, 0.1) is 27.8 Å². The summed E-state index contributed by atoms with van der Waals surface area (Å²) in [7, 11) is 0. The fourth-order valence-corrected chi connectivity index (χ4v) is 5.17. The van der Waals surface area contributed by atoms with E-state index in [1.165, 1.54) is 11.1 Å². The molecule has 0 unspecified atom stereocenters. The number of carbonyl (C=O) groups is 1. The number of benzene rings is 1. The van der Waals surface area contributed by atoms with Crippen molar-refractivity contribution in [2.75, 3.05) is 6.54 Å². The number of aromatic nitrogens is 2. The number of rotatable bonds is 2. The van der Waals surface area contributed by atoms with Gasteiger partial charge < -0.3 is 5.32 Å². The number of fused-ring (bicyclic) bond motifs is 6. The minimum atomic E-state index is -0.576. The van der Waals surface area contributed by atoms with E-state index in [-0.39, 0.29) is 16.7 Å². The number of hydrogen-bond donors (Lipinski definition) is 1.